The number of nitrogens with one attached hydrogen (secondary N) is 2. The summed E-state index contributed by atoms with van der Waals surface area (Å²) in [6.45, 7) is 11.3. The van der Waals surface area contributed by atoms with Gasteiger partial charge in [-0.2, -0.15) is 0 Å². The number of benzene rings is 2. The van der Waals surface area contributed by atoms with Crippen LogP contribution in [-0.2, 0) is 30.3 Å². The molecule has 1 aliphatic carbocycles. The van der Waals surface area contributed by atoms with Gasteiger partial charge in [0.15, 0.2) is 0 Å². The van der Waals surface area contributed by atoms with Crippen LogP contribution in [0.5, 0.6) is 0 Å². The van der Waals surface area contributed by atoms with Crippen LogP contribution in [0.4, 0.5) is 4.79 Å². The number of nitrogens with zero attached hydrogens (tertiary/aromatic N) is 1. The molecule has 0 heterocycles. The third-order valence-electron chi connectivity index (χ3n) is 7.40. The fourth-order valence-corrected chi connectivity index (χ4v) is 4.97. The Bertz CT molecular complexity index is 1240. The zero-order valence-corrected chi connectivity index (χ0v) is 25.7. The monoisotopic (exact) mass is 579 g/mol. The first-order chi connectivity index (χ1) is 19.9. The predicted octanol–water partition coefficient (Wildman–Crippen LogP) is 4.93. The molecule has 0 radical (unpaired) electrons. The smallest absolute Gasteiger partial charge is 0.408 e. The van der Waals surface area contributed by atoms with Crippen molar-refractivity contribution in [2.24, 2.45) is 0 Å². The molecule has 1 saturated carbocycles. The lowest BCUT2D eigenvalue weighted by molar-refractivity contribution is -0.148. The third-order valence-corrected chi connectivity index (χ3v) is 7.40. The molecule has 228 valence electrons. The Hall–Kier alpha value is -3.88. The number of hydrogen-bond donors (Lipinski definition) is 2. The van der Waals surface area contributed by atoms with Crippen LogP contribution in [0.3, 0.4) is 0 Å². The lowest BCUT2D eigenvalue weighted by Gasteiger charge is -2.44. The minimum atomic E-state index is -0.970. The summed E-state index contributed by atoms with van der Waals surface area (Å²) in [6.07, 6.45) is 1.97. The van der Waals surface area contributed by atoms with Crippen LogP contribution >= 0.6 is 0 Å². The largest absolute Gasteiger partial charge is 0.466 e. The van der Waals surface area contributed by atoms with Crippen LogP contribution in [0, 0.1) is 13.8 Å². The Morgan fingerprint density at radius 1 is 1.00 bits per heavy atom. The Morgan fingerprint density at radius 2 is 1.69 bits per heavy atom. The zero-order valence-electron chi connectivity index (χ0n) is 25.7. The highest BCUT2D eigenvalue weighted by Crippen LogP contribution is 2.35. The molecule has 2 aromatic rings. The van der Waals surface area contributed by atoms with Crippen molar-refractivity contribution in [3.05, 3.63) is 70.8 Å². The average Bonchev–Trinajstić information content (AvgIpc) is 2.88. The van der Waals surface area contributed by atoms with Gasteiger partial charge in [-0.15, -0.1) is 0 Å². The second kappa shape index (κ2) is 14.8. The van der Waals surface area contributed by atoms with E-state index >= 15 is 0 Å². The van der Waals surface area contributed by atoms with Crippen LogP contribution in [-0.4, -0.2) is 59.6 Å². The summed E-state index contributed by atoms with van der Waals surface area (Å²) in [7, 11) is 0. The van der Waals surface area contributed by atoms with E-state index in [1.165, 1.54) is 0 Å². The van der Waals surface area contributed by atoms with Gasteiger partial charge >= 0.3 is 12.1 Å². The van der Waals surface area contributed by atoms with Crippen LogP contribution in [0.1, 0.15) is 81.7 Å². The van der Waals surface area contributed by atoms with E-state index in [9.17, 15) is 19.2 Å². The topological polar surface area (TPSA) is 114 Å². The van der Waals surface area contributed by atoms with E-state index in [0.29, 0.717) is 5.56 Å². The highest BCUT2D eigenvalue weighted by atomic mass is 16.6. The molecule has 0 spiro atoms. The van der Waals surface area contributed by atoms with Gasteiger partial charge in [0.05, 0.1) is 13.0 Å². The van der Waals surface area contributed by atoms with Crippen molar-refractivity contribution in [2.45, 2.75) is 97.4 Å². The van der Waals surface area contributed by atoms with Crippen LogP contribution in [0.15, 0.2) is 48.5 Å². The van der Waals surface area contributed by atoms with E-state index < -0.39 is 29.7 Å². The molecule has 9 nitrogen and oxygen atoms in total. The molecule has 1 aliphatic rings. The minimum Gasteiger partial charge on any atom is -0.466 e. The van der Waals surface area contributed by atoms with Crippen molar-refractivity contribution in [1.82, 2.24) is 15.5 Å². The van der Waals surface area contributed by atoms with Gasteiger partial charge in [0.2, 0.25) is 11.8 Å². The van der Waals surface area contributed by atoms with Gasteiger partial charge in [0.25, 0.3) is 0 Å². The molecular weight excluding hydrogens is 534 g/mol. The summed E-state index contributed by atoms with van der Waals surface area (Å²) in [5.41, 5.74) is 2.71. The normalized spacial score (nSPS) is 14.6. The molecule has 2 N–H and O–H groups in total. The summed E-state index contributed by atoms with van der Waals surface area (Å²) < 4.78 is 10.5. The van der Waals surface area contributed by atoms with E-state index in [0.717, 1.165) is 36.0 Å². The maximum Gasteiger partial charge on any atom is 0.408 e. The first-order valence-corrected chi connectivity index (χ1v) is 14.8. The van der Waals surface area contributed by atoms with E-state index in [1.807, 2.05) is 62.4 Å². The molecule has 42 heavy (non-hydrogen) atoms. The number of ether oxygens (including phenoxy) is 2. The van der Waals surface area contributed by atoms with Crippen molar-refractivity contribution in [2.75, 3.05) is 13.2 Å². The molecule has 0 bridgehead atoms. The molecule has 2 aromatic carbocycles. The van der Waals surface area contributed by atoms with Crippen molar-refractivity contribution >= 4 is 23.9 Å². The Morgan fingerprint density at radius 3 is 2.29 bits per heavy atom. The summed E-state index contributed by atoms with van der Waals surface area (Å²) in [6, 6.07) is 13.0. The second-order valence-corrected chi connectivity index (χ2v) is 11.8. The van der Waals surface area contributed by atoms with Gasteiger partial charge in [-0.05, 0) is 83.1 Å². The van der Waals surface area contributed by atoms with E-state index in [1.54, 1.807) is 32.6 Å². The molecule has 3 rings (SSSR count). The number of rotatable bonds is 12. The van der Waals surface area contributed by atoms with E-state index in [4.69, 9.17) is 9.47 Å². The summed E-state index contributed by atoms with van der Waals surface area (Å²) >= 11 is 0. The lowest BCUT2D eigenvalue weighted by atomic mass is 9.86. The van der Waals surface area contributed by atoms with Gasteiger partial charge in [-0.3, -0.25) is 14.4 Å². The molecule has 2 unspecified atom stereocenters. The van der Waals surface area contributed by atoms with Crippen LogP contribution < -0.4 is 10.6 Å². The third kappa shape index (κ3) is 9.06. The average molecular weight is 580 g/mol. The van der Waals surface area contributed by atoms with Crippen LogP contribution in [0.25, 0.3) is 0 Å². The first kappa shape index (κ1) is 32.6. The molecule has 9 heteroatoms. The number of esters is 1. The molecular formula is C33H45N3O6. The Labute approximate surface area is 249 Å². The summed E-state index contributed by atoms with van der Waals surface area (Å²) in [5, 5.41) is 5.67. The molecule has 3 amide bonds. The SMILES string of the molecule is CCOC(=O)CCNC(=O)C(c1cccc(C)c1C)N(C(=O)C(Cc1ccccc1)NC(=O)OC(C)(C)C)C1CCC1. The number of hydrogen-bond acceptors (Lipinski definition) is 6. The van der Waals surface area contributed by atoms with Gasteiger partial charge in [0.1, 0.15) is 17.7 Å². The standard InChI is InChI=1S/C33H45N3O6/c1-7-41-28(37)19-20-34-30(38)29(26-18-11-13-22(2)23(26)3)36(25-16-12-17-25)31(39)27(21-24-14-9-8-10-15-24)35-32(40)42-33(4,5)6/h8-11,13-15,18,25,27,29H,7,12,16-17,19-21H2,1-6H3,(H,34,38)(H,35,40). The molecule has 0 aliphatic heterocycles. The van der Waals surface area contributed by atoms with Crippen molar-refractivity contribution < 1.29 is 28.7 Å². The quantitative estimate of drug-likeness (QED) is 0.345. The van der Waals surface area contributed by atoms with Crippen molar-refractivity contribution in [3.8, 4) is 0 Å². The highest BCUT2D eigenvalue weighted by molar-refractivity contribution is 5.93. The van der Waals surface area contributed by atoms with Crippen molar-refractivity contribution in [1.29, 1.82) is 0 Å². The number of carbonyl (C=O) groups is 4. The minimum absolute atomic E-state index is 0.0211. The number of amides is 3. The van der Waals surface area contributed by atoms with Gasteiger partial charge in [-0.1, -0.05) is 48.5 Å². The Kier molecular flexibility index (Phi) is 11.5. The number of carbonyl (C=O) groups excluding carboxylic acids is 4. The fraction of sp³-hybridized carbons (Fsp3) is 0.515. The van der Waals surface area contributed by atoms with E-state index in [-0.39, 0.29) is 43.8 Å². The second-order valence-electron chi connectivity index (χ2n) is 11.8. The van der Waals surface area contributed by atoms with E-state index in [2.05, 4.69) is 10.6 Å². The maximum atomic E-state index is 14.6. The number of alkyl carbamates (subject to hydrolysis) is 1. The van der Waals surface area contributed by atoms with Crippen molar-refractivity contribution in [3.63, 3.8) is 0 Å². The van der Waals surface area contributed by atoms with Gasteiger partial charge in [0, 0.05) is 19.0 Å². The van der Waals surface area contributed by atoms with Gasteiger partial charge < -0.3 is 25.0 Å². The Balaban J connectivity index is 2.02. The summed E-state index contributed by atoms with van der Waals surface area (Å²) in [4.78, 5) is 55.1. The molecule has 2 atom stereocenters. The fourth-order valence-electron chi connectivity index (χ4n) is 4.97. The zero-order chi connectivity index (χ0) is 30.9. The first-order valence-electron chi connectivity index (χ1n) is 14.8. The van der Waals surface area contributed by atoms with Crippen LogP contribution in [0.2, 0.25) is 0 Å². The van der Waals surface area contributed by atoms with Gasteiger partial charge in [-0.25, -0.2) is 4.79 Å². The molecule has 1 fully saturated rings. The lowest BCUT2D eigenvalue weighted by Crippen LogP contribution is -2.58. The maximum absolute atomic E-state index is 14.6. The highest BCUT2D eigenvalue weighted by Gasteiger charge is 2.42. The predicted molar refractivity (Wildman–Crippen MR) is 161 cm³/mol. The molecule has 0 aromatic heterocycles. The number of aryl methyl sites for hydroxylation is 1. The summed E-state index contributed by atoms with van der Waals surface area (Å²) in [5.74, 6) is -1.15. The molecule has 0 saturated heterocycles.